The fraction of sp³-hybridized carbons (Fsp3) is 0.528. The lowest BCUT2D eigenvalue weighted by Crippen LogP contribution is -2.56. The number of fused-ring (bicyclic) bond motifs is 3. The summed E-state index contributed by atoms with van der Waals surface area (Å²) in [6, 6.07) is 4.44. The van der Waals surface area contributed by atoms with Crippen molar-refractivity contribution >= 4 is 61.6 Å². The Morgan fingerprint density at radius 3 is 2.69 bits per heavy atom. The summed E-state index contributed by atoms with van der Waals surface area (Å²) in [7, 11) is -2.30. The number of carbonyl (C=O) groups excluding carboxylic acids is 3. The van der Waals surface area contributed by atoms with Crippen molar-refractivity contribution in [2.45, 2.75) is 100 Å². The Bertz CT molecular complexity index is 2010. The number of carbonyl (C=O) groups is 3. The molecule has 1 aromatic carbocycles. The molecular weight excluding hydrogens is 714 g/mol. The Labute approximate surface area is 306 Å². The molecule has 12 nitrogen and oxygen atoms in total. The van der Waals surface area contributed by atoms with E-state index in [1.165, 1.54) is 18.4 Å². The molecule has 51 heavy (non-hydrogen) atoms. The van der Waals surface area contributed by atoms with Gasteiger partial charge in [-0.05, 0) is 56.6 Å². The smallest absolute Gasteiger partial charge is 0.259 e. The van der Waals surface area contributed by atoms with E-state index in [1.807, 2.05) is 29.7 Å². The third-order valence-corrected chi connectivity index (χ3v) is 13.2. The zero-order valence-corrected chi connectivity index (χ0v) is 31.2. The molecule has 0 radical (unpaired) electrons. The molecule has 3 aromatic rings. The van der Waals surface area contributed by atoms with Crippen LogP contribution in [0.5, 0.6) is 11.5 Å². The monoisotopic (exact) mass is 755 g/mol. The van der Waals surface area contributed by atoms with Crippen molar-refractivity contribution in [3.8, 4) is 22.2 Å². The number of hydrogen-bond acceptors (Lipinski definition) is 10. The quantitative estimate of drug-likeness (QED) is 0.284. The molecule has 3 amide bonds. The van der Waals surface area contributed by atoms with Crippen LogP contribution in [0.1, 0.15) is 83.2 Å². The van der Waals surface area contributed by atoms with Crippen molar-refractivity contribution in [2.24, 2.45) is 5.92 Å². The van der Waals surface area contributed by atoms with E-state index in [9.17, 15) is 22.8 Å². The SMILES string of the molecule is COc1ccc2c(OC3CC4C(=O)NC5(C(=O)NS(=O)(=O)C6CC6)CC5/C=C\CCCCCC(=O)N4C3)cc(-c3nc(C(C)C)cs3)nc2c1Cl. The highest BCUT2D eigenvalue weighted by molar-refractivity contribution is 7.91. The summed E-state index contributed by atoms with van der Waals surface area (Å²) in [6.07, 6.45) is 8.15. The van der Waals surface area contributed by atoms with Gasteiger partial charge in [-0.25, -0.2) is 18.4 Å². The highest BCUT2D eigenvalue weighted by Crippen LogP contribution is 2.46. The fourth-order valence-electron chi connectivity index (χ4n) is 6.92. The fourth-order valence-corrected chi connectivity index (χ4v) is 9.50. The second-order valence-corrected chi connectivity index (χ2v) is 17.4. The molecule has 4 heterocycles. The largest absolute Gasteiger partial charge is 0.495 e. The summed E-state index contributed by atoms with van der Waals surface area (Å²) in [4.78, 5) is 52.6. The highest BCUT2D eigenvalue weighted by atomic mass is 35.5. The van der Waals surface area contributed by atoms with Crippen LogP contribution in [0.4, 0.5) is 0 Å². The van der Waals surface area contributed by atoms with Gasteiger partial charge in [0.2, 0.25) is 21.8 Å². The number of thiazole rings is 1. The zero-order valence-electron chi connectivity index (χ0n) is 28.8. The van der Waals surface area contributed by atoms with Gasteiger partial charge in [0, 0.05) is 35.6 Å². The zero-order chi connectivity index (χ0) is 36.1. The average Bonchev–Trinajstić information content (AvgIpc) is 3.97. The first kappa shape index (κ1) is 35.6. The molecule has 2 aliphatic heterocycles. The molecule has 2 saturated carbocycles. The predicted molar refractivity (Wildman–Crippen MR) is 194 cm³/mol. The van der Waals surface area contributed by atoms with E-state index in [-0.39, 0.29) is 43.6 Å². The molecule has 1 saturated heterocycles. The number of rotatable bonds is 8. The molecule has 7 rings (SSSR count). The first-order valence-electron chi connectivity index (χ1n) is 17.5. The number of hydrogen-bond donors (Lipinski definition) is 2. The van der Waals surface area contributed by atoms with Crippen molar-refractivity contribution in [3.63, 3.8) is 0 Å². The number of ether oxygens (including phenoxy) is 2. The van der Waals surface area contributed by atoms with Gasteiger partial charge >= 0.3 is 0 Å². The summed E-state index contributed by atoms with van der Waals surface area (Å²) in [5, 5.41) is 5.97. The first-order valence-corrected chi connectivity index (χ1v) is 20.3. The van der Waals surface area contributed by atoms with Gasteiger partial charge in [0.05, 0.1) is 30.1 Å². The Morgan fingerprint density at radius 2 is 1.96 bits per heavy atom. The second-order valence-electron chi connectivity index (χ2n) is 14.2. The molecule has 15 heteroatoms. The van der Waals surface area contributed by atoms with Crippen molar-refractivity contribution in [2.75, 3.05) is 13.7 Å². The van der Waals surface area contributed by atoms with Crippen molar-refractivity contribution in [1.29, 1.82) is 0 Å². The number of amides is 3. The molecule has 0 bridgehead atoms. The van der Waals surface area contributed by atoms with Crippen LogP contribution in [0.25, 0.3) is 21.6 Å². The van der Waals surface area contributed by atoms with Gasteiger partial charge < -0.3 is 19.7 Å². The summed E-state index contributed by atoms with van der Waals surface area (Å²) < 4.78 is 39.8. The van der Waals surface area contributed by atoms with Crippen LogP contribution in [0.15, 0.2) is 35.7 Å². The third kappa shape index (κ3) is 7.19. The van der Waals surface area contributed by atoms with Crippen molar-refractivity contribution in [3.05, 3.63) is 46.4 Å². The number of nitrogens with one attached hydrogen (secondary N) is 2. The Morgan fingerprint density at radius 1 is 1.16 bits per heavy atom. The van der Waals surface area contributed by atoms with Crippen LogP contribution in [-0.2, 0) is 24.4 Å². The van der Waals surface area contributed by atoms with E-state index in [0.717, 1.165) is 25.0 Å². The molecule has 4 atom stereocenters. The lowest BCUT2D eigenvalue weighted by molar-refractivity contribution is -0.139. The molecule has 0 spiro atoms. The maximum Gasteiger partial charge on any atom is 0.259 e. The molecule has 3 fully saturated rings. The van der Waals surface area contributed by atoms with Gasteiger partial charge in [-0.3, -0.25) is 19.1 Å². The lowest BCUT2D eigenvalue weighted by atomic mass is 10.1. The predicted octanol–water partition coefficient (Wildman–Crippen LogP) is 5.50. The van der Waals surface area contributed by atoms with Crippen LogP contribution in [0, 0.1) is 5.92 Å². The first-order chi connectivity index (χ1) is 24.4. The van der Waals surface area contributed by atoms with E-state index in [1.54, 1.807) is 11.0 Å². The number of methoxy groups -OCH3 is 1. The average molecular weight is 756 g/mol. The maximum absolute atomic E-state index is 14.1. The van der Waals surface area contributed by atoms with Gasteiger partial charge in [-0.1, -0.05) is 44.0 Å². The van der Waals surface area contributed by atoms with Crippen LogP contribution in [0.2, 0.25) is 5.02 Å². The van der Waals surface area contributed by atoms with Crippen molar-refractivity contribution < 1.29 is 32.3 Å². The summed E-state index contributed by atoms with van der Waals surface area (Å²) in [6.45, 7) is 4.29. The molecule has 4 unspecified atom stereocenters. The third-order valence-electron chi connectivity index (χ3n) is 10.2. The van der Waals surface area contributed by atoms with Gasteiger partial charge in [-0.2, -0.15) is 0 Å². The number of sulfonamides is 1. The number of aromatic nitrogens is 2. The second kappa shape index (κ2) is 14.0. The number of benzene rings is 1. The van der Waals surface area contributed by atoms with Crippen LogP contribution >= 0.6 is 22.9 Å². The molecular formula is C36H42ClN5O7S2. The summed E-state index contributed by atoms with van der Waals surface area (Å²) in [5.41, 5.74) is 0.562. The Kier molecular flexibility index (Phi) is 9.78. The summed E-state index contributed by atoms with van der Waals surface area (Å²) in [5.74, 6) is -0.629. The van der Waals surface area contributed by atoms with E-state index in [4.69, 9.17) is 31.0 Å². The number of nitrogens with zero attached hydrogens (tertiary/aromatic N) is 3. The maximum atomic E-state index is 14.1. The molecule has 272 valence electrons. The van der Waals surface area contributed by atoms with Gasteiger partial charge in [0.15, 0.2) is 0 Å². The molecule has 2 aliphatic carbocycles. The minimum Gasteiger partial charge on any atom is -0.495 e. The van der Waals surface area contributed by atoms with Gasteiger partial charge in [0.1, 0.15) is 44.9 Å². The van der Waals surface area contributed by atoms with Gasteiger partial charge in [-0.15, -0.1) is 11.3 Å². The number of pyridine rings is 1. The Hall–Kier alpha value is -3.75. The minimum atomic E-state index is -3.83. The van der Waals surface area contributed by atoms with Crippen molar-refractivity contribution in [1.82, 2.24) is 24.9 Å². The standard InChI is InChI=1S/C36H42ClN5O7S2/c1-20(2)26-19-50-34(39-26)25-16-29(24-13-14-28(48-3)31(37)32(24)38-25)49-22-15-27-33(44)40-36(35(45)41-51(46,47)23-11-12-23)17-21(36)9-7-5-4-6-8-10-30(43)42(27)18-22/h7,9,13-14,16,19-23,27H,4-6,8,10-12,15,17-18H2,1-3H3,(H,40,44)(H,41,45)/b9-7-. The molecule has 4 aliphatic rings. The van der Waals surface area contributed by atoms with E-state index >= 15 is 0 Å². The minimum absolute atomic E-state index is 0.146. The van der Waals surface area contributed by atoms with E-state index in [0.29, 0.717) is 57.4 Å². The lowest BCUT2D eigenvalue weighted by Gasteiger charge is -2.26. The number of halogens is 1. The molecule has 2 aromatic heterocycles. The number of allylic oxidation sites excluding steroid dienone is 1. The van der Waals surface area contributed by atoms with E-state index in [2.05, 4.69) is 23.9 Å². The van der Waals surface area contributed by atoms with E-state index < -0.39 is 44.8 Å². The highest BCUT2D eigenvalue weighted by Gasteiger charge is 2.62. The van der Waals surface area contributed by atoms with Gasteiger partial charge in [0.25, 0.3) is 5.91 Å². The topological polar surface area (TPSA) is 157 Å². The van der Waals surface area contributed by atoms with Crippen LogP contribution in [-0.4, -0.2) is 77.6 Å². The van der Waals surface area contributed by atoms with Crippen LogP contribution in [0.3, 0.4) is 0 Å². The normalized spacial score (nSPS) is 26.2. The van der Waals surface area contributed by atoms with Crippen LogP contribution < -0.4 is 19.5 Å². The summed E-state index contributed by atoms with van der Waals surface area (Å²) >= 11 is 8.24. The molecule has 2 N–H and O–H groups in total. The Balaban J connectivity index is 1.19.